The highest BCUT2D eigenvalue weighted by Crippen LogP contribution is 2.41. The minimum absolute atomic E-state index is 0.00670. The summed E-state index contributed by atoms with van der Waals surface area (Å²) in [4.78, 5) is 28.5. The number of ether oxygens (including phenoxy) is 1. The maximum Gasteiger partial charge on any atom is 0.290 e. The van der Waals surface area contributed by atoms with Crippen LogP contribution in [0, 0.1) is 6.92 Å². The second kappa shape index (κ2) is 9.07. The number of carbonyl (C=O) groups excluding carboxylic acids is 2. The molecule has 6 nitrogen and oxygen atoms in total. The topological polar surface area (TPSA) is 80.0 Å². The first-order valence-electron chi connectivity index (χ1n) is 11.0. The van der Waals surface area contributed by atoms with Crippen LogP contribution in [-0.4, -0.2) is 28.8 Å². The number of Topliss-reactive ketones (excluding diaryl/α,β-unsaturated/α-hetero) is 1. The van der Waals surface area contributed by atoms with Crippen LogP contribution in [0.3, 0.4) is 0 Å². The molecule has 5 rings (SSSR count). The average Bonchev–Trinajstić information content (AvgIpc) is 3.38. The van der Waals surface area contributed by atoms with E-state index in [1.54, 1.807) is 19.2 Å². The number of ketones is 1. The van der Waals surface area contributed by atoms with Crippen molar-refractivity contribution >= 4 is 38.6 Å². The number of aryl methyl sites for hydroxylation is 1. The molecule has 0 saturated carbocycles. The molecule has 1 N–H and O–H groups in total. The molecule has 1 aromatic heterocycles. The van der Waals surface area contributed by atoms with Gasteiger partial charge in [-0.15, -0.1) is 0 Å². The third-order valence-corrected chi connectivity index (χ3v) is 6.61. The quantitative estimate of drug-likeness (QED) is 0.295. The standard InChI is InChI=1S/C28H22BrNO5/c1-16-4-3-5-18(12-16)25-24(26(31)23-14-19-13-20(29)8-11-22(19)35-23)27(32)28(33)30(25)15-17-6-9-21(34-2)10-7-17/h3-14,25,32H,15H2,1-2H3. The van der Waals surface area contributed by atoms with Crippen LogP contribution >= 0.6 is 15.9 Å². The Balaban J connectivity index is 1.58. The zero-order valence-corrected chi connectivity index (χ0v) is 20.7. The number of halogens is 1. The maximum absolute atomic E-state index is 13.7. The number of fused-ring (bicyclic) bond motifs is 1. The van der Waals surface area contributed by atoms with Gasteiger partial charge >= 0.3 is 0 Å². The molecule has 35 heavy (non-hydrogen) atoms. The molecule has 0 fully saturated rings. The Morgan fingerprint density at radius 1 is 1.09 bits per heavy atom. The van der Waals surface area contributed by atoms with Crippen LogP contribution in [0.25, 0.3) is 11.0 Å². The van der Waals surface area contributed by atoms with Gasteiger partial charge in [0.05, 0.1) is 18.7 Å². The van der Waals surface area contributed by atoms with E-state index in [0.717, 1.165) is 26.5 Å². The van der Waals surface area contributed by atoms with Crippen molar-refractivity contribution in [3.05, 3.63) is 111 Å². The van der Waals surface area contributed by atoms with Gasteiger partial charge in [0, 0.05) is 16.4 Å². The van der Waals surface area contributed by atoms with E-state index in [-0.39, 0.29) is 17.9 Å². The molecule has 0 aliphatic carbocycles. The zero-order chi connectivity index (χ0) is 24.7. The fourth-order valence-electron chi connectivity index (χ4n) is 4.42. The Bertz CT molecular complexity index is 1490. The Hall–Kier alpha value is -3.84. The molecule has 3 aromatic carbocycles. The molecule has 0 radical (unpaired) electrons. The third kappa shape index (κ3) is 4.23. The maximum atomic E-state index is 13.7. The minimum Gasteiger partial charge on any atom is -0.503 e. The van der Waals surface area contributed by atoms with Crippen molar-refractivity contribution < 1.29 is 23.8 Å². The van der Waals surface area contributed by atoms with E-state index in [4.69, 9.17) is 9.15 Å². The van der Waals surface area contributed by atoms with Crippen LogP contribution < -0.4 is 4.74 Å². The Kier molecular flexibility index (Phi) is 5.94. The van der Waals surface area contributed by atoms with Crippen molar-refractivity contribution in [1.29, 1.82) is 0 Å². The summed E-state index contributed by atoms with van der Waals surface area (Å²) >= 11 is 3.42. The highest BCUT2D eigenvalue weighted by molar-refractivity contribution is 9.10. The number of hydrogen-bond donors (Lipinski definition) is 1. The highest BCUT2D eigenvalue weighted by Gasteiger charge is 2.44. The number of benzene rings is 3. The molecule has 2 heterocycles. The van der Waals surface area contributed by atoms with Gasteiger partial charge in [-0.05, 0) is 54.4 Å². The van der Waals surface area contributed by atoms with Crippen LogP contribution in [0.15, 0.2) is 93.0 Å². The number of nitrogens with zero attached hydrogens (tertiary/aromatic N) is 1. The second-order valence-electron chi connectivity index (χ2n) is 8.48. The Morgan fingerprint density at radius 3 is 2.57 bits per heavy atom. The molecule has 1 unspecified atom stereocenters. The van der Waals surface area contributed by atoms with E-state index in [2.05, 4.69) is 15.9 Å². The number of hydrogen-bond acceptors (Lipinski definition) is 5. The lowest BCUT2D eigenvalue weighted by Crippen LogP contribution is -2.30. The first kappa shape index (κ1) is 22.9. The smallest absolute Gasteiger partial charge is 0.290 e. The molecular formula is C28H22BrNO5. The SMILES string of the molecule is COc1ccc(CN2C(=O)C(O)=C(C(=O)c3cc4cc(Br)ccc4o3)C2c2cccc(C)c2)cc1. The predicted octanol–water partition coefficient (Wildman–Crippen LogP) is 6.29. The van der Waals surface area contributed by atoms with Crippen molar-refractivity contribution in [2.45, 2.75) is 19.5 Å². The number of aliphatic hydroxyl groups is 1. The van der Waals surface area contributed by atoms with Crippen molar-refractivity contribution in [1.82, 2.24) is 4.90 Å². The summed E-state index contributed by atoms with van der Waals surface area (Å²) in [5, 5.41) is 11.7. The lowest BCUT2D eigenvalue weighted by Gasteiger charge is -2.27. The van der Waals surface area contributed by atoms with Crippen LogP contribution in [0.1, 0.15) is 33.3 Å². The number of carbonyl (C=O) groups is 2. The zero-order valence-electron chi connectivity index (χ0n) is 19.1. The van der Waals surface area contributed by atoms with Gasteiger partial charge < -0.3 is 19.2 Å². The lowest BCUT2D eigenvalue weighted by atomic mass is 9.94. The van der Waals surface area contributed by atoms with E-state index >= 15 is 0 Å². The van der Waals surface area contributed by atoms with E-state index in [0.29, 0.717) is 11.3 Å². The first-order chi connectivity index (χ1) is 16.9. The number of methoxy groups -OCH3 is 1. The van der Waals surface area contributed by atoms with Gasteiger partial charge in [-0.2, -0.15) is 0 Å². The molecule has 0 spiro atoms. The van der Waals surface area contributed by atoms with Gasteiger partial charge in [0.15, 0.2) is 11.5 Å². The molecule has 0 bridgehead atoms. The van der Waals surface area contributed by atoms with Gasteiger partial charge in [0.2, 0.25) is 5.78 Å². The van der Waals surface area contributed by atoms with Gasteiger partial charge in [0.25, 0.3) is 5.91 Å². The Labute approximate surface area is 210 Å². The Morgan fingerprint density at radius 2 is 1.86 bits per heavy atom. The third-order valence-electron chi connectivity index (χ3n) is 6.12. The molecule has 0 saturated heterocycles. The minimum atomic E-state index is -0.767. The fraction of sp³-hybridized carbons (Fsp3) is 0.143. The average molecular weight is 532 g/mol. The lowest BCUT2D eigenvalue weighted by molar-refractivity contribution is -0.130. The normalized spacial score (nSPS) is 15.8. The molecule has 7 heteroatoms. The van der Waals surface area contributed by atoms with Crippen LogP contribution in [-0.2, 0) is 11.3 Å². The first-order valence-corrected chi connectivity index (χ1v) is 11.8. The van der Waals surface area contributed by atoms with Crippen LogP contribution in [0.2, 0.25) is 0 Å². The predicted molar refractivity (Wildman–Crippen MR) is 135 cm³/mol. The van der Waals surface area contributed by atoms with E-state index in [1.165, 1.54) is 4.90 Å². The van der Waals surface area contributed by atoms with Gasteiger partial charge in [-0.25, -0.2) is 0 Å². The van der Waals surface area contributed by atoms with Crippen molar-refractivity contribution in [2.24, 2.45) is 0 Å². The van der Waals surface area contributed by atoms with E-state index < -0.39 is 23.5 Å². The van der Waals surface area contributed by atoms with E-state index in [1.807, 2.05) is 67.6 Å². The molecule has 1 aliphatic heterocycles. The number of furan rings is 1. The number of rotatable bonds is 6. The van der Waals surface area contributed by atoms with Crippen molar-refractivity contribution in [3.8, 4) is 5.75 Å². The van der Waals surface area contributed by atoms with Crippen molar-refractivity contribution in [3.63, 3.8) is 0 Å². The molecular weight excluding hydrogens is 510 g/mol. The largest absolute Gasteiger partial charge is 0.503 e. The summed E-state index contributed by atoms with van der Waals surface area (Å²) < 4.78 is 11.9. The van der Waals surface area contributed by atoms with Gasteiger partial charge in [-0.3, -0.25) is 9.59 Å². The van der Waals surface area contributed by atoms with Gasteiger partial charge in [-0.1, -0.05) is 57.9 Å². The second-order valence-corrected chi connectivity index (χ2v) is 9.40. The summed E-state index contributed by atoms with van der Waals surface area (Å²) in [5.74, 6) is -0.917. The van der Waals surface area contributed by atoms with Crippen LogP contribution in [0.5, 0.6) is 5.75 Å². The number of aliphatic hydroxyl groups excluding tert-OH is 1. The monoisotopic (exact) mass is 531 g/mol. The molecule has 4 aromatic rings. The highest BCUT2D eigenvalue weighted by atomic mass is 79.9. The van der Waals surface area contributed by atoms with E-state index in [9.17, 15) is 14.7 Å². The molecule has 1 atom stereocenters. The summed E-state index contributed by atoms with van der Waals surface area (Å²) in [6.07, 6.45) is 0. The summed E-state index contributed by atoms with van der Waals surface area (Å²) in [6.45, 7) is 2.14. The molecule has 176 valence electrons. The van der Waals surface area contributed by atoms with Gasteiger partial charge in [0.1, 0.15) is 11.3 Å². The molecule has 1 aliphatic rings. The van der Waals surface area contributed by atoms with Crippen LogP contribution in [0.4, 0.5) is 0 Å². The number of amides is 1. The summed E-state index contributed by atoms with van der Waals surface area (Å²) in [5.41, 5.74) is 3.10. The fourth-order valence-corrected chi connectivity index (χ4v) is 4.80. The summed E-state index contributed by atoms with van der Waals surface area (Å²) in [6, 6.07) is 21.2. The summed E-state index contributed by atoms with van der Waals surface area (Å²) in [7, 11) is 1.59. The van der Waals surface area contributed by atoms with Crippen molar-refractivity contribution in [2.75, 3.05) is 7.11 Å². The molecule has 1 amide bonds.